The molecule has 0 amide bonds. The molecule has 3 atom stereocenters. The standard InChI is InChI=1S/C53H49N/c1-52(2,3)46-33-44-49(46)51-50(44)48-43(25-15-26-45(48)53(51,4)5)42-23-11-12-27-47(42)54(38-30-28-35(29-31-38)34-16-7-6-8-17-34)39-21-13-20-37(32-39)41-24-14-19-36-18-9-10-22-40(36)41/h6-12,14-19,21-32,44,46,49H,13,20,33H2,1-5H3. The van der Waals surface area contributed by atoms with Gasteiger partial charge in [-0.3, -0.25) is 0 Å². The van der Waals surface area contributed by atoms with E-state index in [0.717, 1.165) is 24.7 Å². The van der Waals surface area contributed by atoms with E-state index in [4.69, 9.17) is 0 Å². The predicted octanol–water partition coefficient (Wildman–Crippen LogP) is 14.4. The van der Waals surface area contributed by atoms with Crippen LogP contribution in [0.5, 0.6) is 0 Å². The highest BCUT2D eigenvalue weighted by atomic mass is 15.1. The van der Waals surface area contributed by atoms with Crippen LogP contribution in [0, 0.1) is 23.2 Å². The Hall–Kier alpha value is -5.40. The molecule has 0 saturated heterocycles. The average Bonchev–Trinajstić information content (AvgIpc) is 3.38. The second kappa shape index (κ2) is 12.3. The summed E-state index contributed by atoms with van der Waals surface area (Å²) in [6.45, 7) is 12.3. The average molecular weight is 700 g/mol. The lowest BCUT2D eigenvalue weighted by atomic mass is 9.43. The van der Waals surface area contributed by atoms with Crippen molar-refractivity contribution >= 4 is 33.3 Å². The van der Waals surface area contributed by atoms with Crippen molar-refractivity contribution in [1.82, 2.24) is 0 Å². The van der Waals surface area contributed by atoms with Crippen LogP contribution in [0.4, 0.5) is 11.4 Å². The van der Waals surface area contributed by atoms with E-state index in [1.165, 1.54) is 78.8 Å². The Balaban J connectivity index is 1.14. The van der Waals surface area contributed by atoms with Gasteiger partial charge in [-0.25, -0.2) is 0 Å². The predicted molar refractivity (Wildman–Crippen MR) is 230 cm³/mol. The van der Waals surface area contributed by atoms with E-state index in [9.17, 15) is 0 Å². The van der Waals surface area contributed by atoms with Crippen LogP contribution in [0.2, 0.25) is 0 Å². The lowest BCUT2D eigenvalue weighted by Gasteiger charge is -2.61. The van der Waals surface area contributed by atoms with E-state index in [1.54, 1.807) is 11.1 Å². The van der Waals surface area contributed by atoms with Crippen molar-refractivity contribution in [2.24, 2.45) is 23.2 Å². The maximum absolute atomic E-state index is 2.53. The second-order valence-corrected chi connectivity index (χ2v) is 17.7. The molecule has 3 unspecified atom stereocenters. The van der Waals surface area contributed by atoms with Crippen LogP contribution in [0.15, 0.2) is 163 Å². The minimum Gasteiger partial charge on any atom is -0.310 e. The number of anilines is 2. The van der Waals surface area contributed by atoms with Gasteiger partial charge in [0.2, 0.25) is 0 Å². The van der Waals surface area contributed by atoms with Gasteiger partial charge in [-0.2, -0.15) is 0 Å². The van der Waals surface area contributed by atoms with Crippen molar-refractivity contribution in [3.8, 4) is 22.3 Å². The van der Waals surface area contributed by atoms with Crippen LogP contribution < -0.4 is 4.90 Å². The summed E-state index contributed by atoms with van der Waals surface area (Å²) in [4.78, 5) is 2.53. The number of nitrogens with zero attached hydrogens (tertiary/aromatic N) is 1. The fourth-order valence-electron chi connectivity index (χ4n) is 10.6. The molecule has 1 saturated carbocycles. The van der Waals surface area contributed by atoms with Crippen molar-refractivity contribution < 1.29 is 0 Å². The Bertz CT molecular complexity index is 2530. The van der Waals surface area contributed by atoms with Gasteiger partial charge in [0.25, 0.3) is 0 Å². The fraction of sp³-hybridized carbons (Fsp3) is 0.245. The third kappa shape index (κ3) is 5.04. The smallest absolute Gasteiger partial charge is 0.0540 e. The molecular formula is C53H49N. The van der Waals surface area contributed by atoms with Gasteiger partial charge in [0.05, 0.1) is 5.69 Å². The highest BCUT2D eigenvalue weighted by Gasteiger charge is 2.63. The summed E-state index contributed by atoms with van der Waals surface area (Å²) in [6.07, 6.45) is 8.24. The summed E-state index contributed by atoms with van der Waals surface area (Å²) in [7, 11) is 0. The molecule has 0 bridgehead atoms. The molecule has 4 aliphatic rings. The first-order chi connectivity index (χ1) is 26.2. The van der Waals surface area contributed by atoms with E-state index in [-0.39, 0.29) is 5.41 Å². The van der Waals surface area contributed by atoms with Crippen molar-refractivity contribution in [3.05, 3.63) is 180 Å². The van der Waals surface area contributed by atoms with Crippen LogP contribution in [-0.2, 0) is 5.41 Å². The largest absolute Gasteiger partial charge is 0.310 e. The number of allylic oxidation sites excluding steroid dienone is 5. The summed E-state index contributed by atoms with van der Waals surface area (Å²) in [5.74, 6) is 2.17. The first-order valence-electron chi connectivity index (χ1n) is 20.0. The zero-order chi connectivity index (χ0) is 36.8. The van der Waals surface area contributed by atoms with E-state index < -0.39 is 0 Å². The monoisotopic (exact) mass is 699 g/mol. The third-order valence-electron chi connectivity index (χ3n) is 13.3. The number of hydrogen-bond donors (Lipinski definition) is 0. The normalized spacial score (nSPS) is 20.9. The first kappa shape index (κ1) is 33.2. The van der Waals surface area contributed by atoms with Gasteiger partial charge in [-0.15, -0.1) is 0 Å². The van der Waals surface area contributed by atoms with E-state index >= 15 is 0 Å². The van der Waals surface area contributed by atoms with Crippen molar-refractivity contribution in [3.63, 3.8) is 0 Å². The third-order valence-corrected chi connectivity index (χ3v) is 13.3. The van der Waals surface area contributed by atoms with Crippen LogP contribution in [-0.4, -0.2) is 0 Å². The number of hydrogen-bond acceptors (Lipinski definition) is 1. The Labute approximate surface area is 321 Å². The zero-order valence-electron chi connectivity index (χ0n) is 32.2. The minimum absolute atomic E-state index is 0.0512. The molecule has 6 aromatic carbocycles. The first-order valence-corrected chi connectivity index (χ1v) is 20.0. The molecular weight excluding hydrogens is 651 g/mol. The lowest BCUT2D eigenvalue weighted by Crippen LogP contribution is -2.53. The molecule has 0 N–H and O–H groups in total. The fourth-order valence-corrected chi connectivity index (χ4v) is 10.6. The molecule has 10 rings (SSSR count). The molecule has 1 nitrogen and oxygen atoms in total. The molecule has 0 aromatic heterocycles. The molecule has 0 heterocycles. The van der Waals surface area contributed by atoms with E-state index in [1.807, 2.05) is 0 Å². The van der Waals surface area contributed by atoms with Crippen LogP contribution in [0.25, 0.3) is 44.2 Å². The maximum atomic E-state index is 2.53. The van der Waals surface area contributed by atoms with Crippen LogP contribution >= 0.6 is 0 Å². The molecule has 4 aliphatic carbocycles. The maximum Gasteiger partial charge on any atom is 0.0540 e. The zero-order valence-corrected chi connectivity index (χ0v) is 32.2. The molecule has 0 aliphatic heterocycles. The topological polar surface area (TPSA) is 3.24 Å². The quantitative estimate of drug-likeness (QED) is 0.167. The molecule has 54 heavy (non-hydrogen) atoms. The Kier molecular flexibility index (Phi) is 7.57. The minimum atomic E-state index is 0.0512. The summed E-state index contributed by atoms with van der Waals surface area (Å²) in [5, 5.41) is 2.61. The summed E-state index contributed by atoms with van der Waals surface area (Å²) in [6, 6.07) is 51.8. The Morgan fingerprint density at radius 3 is 2.13 bits per heavy atom. The van der Waals surface area contributed by atoms with Gasteiger partial charge in [0.1, 0.15) is 0 Å². The summed E-state index contributed by atoms with van der Waals surface area (Å²) >= 11 is 0. The number of fused-ring (bicyclic) bond motifs is 6. The number of benzene rings is 6. The molecule has 0 spiro atoms. The van der Waals surface area contributed by atoms with E-state index in [0.29, 0.717) is 11.3 Å². The lowest BCUT2D eigenvalue weighted by molar-refractivity contribution is 0.0163. The summed E-state index contributed by atoms with van der Waals surface area (Å²) in [5.41, 5.74) is 18.3. The Morgan fingerprint density at radius 1 is 0.648 bits per heavy atom. The molecule has 266 valence electrons. The van der Waals surface area contributed by atoms with Gasteiger partial charge in [0, 0.05) is 22.4 Å². The van der Waals surface area contributed by atoms with Crippen molar-refractivity contribution in [2.75, 3.05) is 4.90 Å². The number of para-hydroxylation sites is 1. The van der Waals surface area contributed by atoms with Gasteiger partial charge in [-0.05, 0) is 122 Å². The molecule has 0 radical (unpaired) electrons. The van der Waals surface area contributed by atoms with Crippen LogP contribution in [0.1, 0.15) is 70.6 Å². The molecule has 6 aromatic rings. The van der Waals surface area contributed by atoms with Gasteiger partial charge < -0.3 is 4.90 Å². The summed E-state index contributed by atoms with van der Waals surface area (Å²) < 4.78 is 0. The van der Waals surface area contributed by atoms with Crippen molar-refractivity contribution in [1.29, 1.82) is 0 Å². The van der Waals surface area contributed by atoms with E-state index in [2.05, 4.69) is 191 Å². The SMILES string of the molecule is CC1(C)C2=C(c3c(-c4ccccc4N(C4=CCCC(c5cccc6ccccc56)=C4)c4ccc(-c5ccccc5)cc4)cccc31)C1CC(C(C)(C)C)C21. The van der Waals surface area contributed by atoms with Gasteiger partial charge in [0.15, 0.2) is 0 Å². The van der Waals surface area contributed by atoms with Gasteiger partial charge >= 0.3 is 0 Å². The Morgan fingerprint density at radius 2 is 1.31 bits per heavy atom. The highest BCUT2D eigenvalue weighted by molar-refractivity contribution is 5.99. The molecule has 1 heteroatoms. The van der Waals surface area contributed by atoms with Crippen molar-refractivity contribution in [2.45, 2.75) is 59.3 Å². The van der Waals surface area contributed by atoms with Gasteiger partial charge in [-0.1, -0.05) is 168 Å². The second-order valence-electron chi connectivity index (χ2n) is 17.7. The molecule has 1 fully saturated rings. The number of rotatable bonds is 6. The highest BCUT2D eigenvalue weighted by Crippen LogP contribution is 2.73. The van der Waals surface area contributed by atoms with Crippen LogP contribution in [0.3, 0.4) is 0 Å².